The maximum Gasteiger partial charge on any atom is 0.326 e. The van der Waals surface area contributed by atoms with Gasteiger partial charge < -0.3 is 20.8 Å². The Morgan fingerprint density at radius 2 is 1.03 bits per heavy atom. The van der Waals surface area contributed by atoms with Crippen molar-refractivity contribution in [2.75, 3.05) is 0 Å². The third kappa shape index (κ3) is 9.40. The smallest absolute Gasteiger partial charge is 0.326 e. The van der Waals surface area contributed by atoms with E-state index in [-0.39, 0.29) is 11.8 Å². The Kier molecular flexibility index (Phi) is 11.7. The third-order valence-electron chi connectivity index (χ3n) is 5.60. The molecule has 10 heteroatoms. The molecule has 0 fully saturated rings. The van der Waals surface area contributed by atoms with Gasteiger partial charge in [-0.2, -0.15) is 0 Å². The summed E-state index contributed by atoms with van der Waals surface area (Å²) in [4.78, 5) is 50.8. The molecule has 0 bridgehead atoms. The van der Waals surface area contributed by atoms with Crippen LogP contribution >= 0.6 is 21.6 Å². The van der Waals surface area contributed by atoms with Crippen LogP contribution in [0.3, 0.4) is 0 Å². The molecular weight excluding hydrogens is 524 g/mol. The van der Waals surface area contributed by atoms with Gasteiger partial charge in [-0.1, -0.05) is 72.5 Å². The number of aryl methyl sites for hydroxylation is 2. The summed E-state index contributed by atoms with van der Waals surface area (Å²) in [6.45, 7) is 11.3. The summed E-state index contributed by atoms with van der Waals surface area (Å²) in [5.74, 6) is -2.96. The molecule has 2 atom stereocenters. The fourth-order valence-corrected chi connectivity index (χ4v) is 6.06. The van der Waals surface area contributed by atoms with Crippen LogP contribution in [0, 0.1) is 25.7 Å². The molecule has 8 nitrogen and oxygen atoms in total. The largest absolute Gasteiger partial charge is 0.480 e. The number of rotatable bonds is 13. The number of hydrogen-bond donors (Lipinski definition) is 4. The van der Waals surface area contributed by atoms with Gasteiger partial charge in [-0.05, 0) is 62.8 Å². The van der Waals surface area contributed by atoms with Gasteiger partial charge >= 0.3 is 11.9 Å². The van der Waals surface area contributed by atoms with Crippen LogP contribution in [0.5, 0.6) is 0 Å². The summed E-state index contributed by atoms with van der Waals surface area (Å²) in [5, 5.41) is 24.4. The Balaban J connectivity index is 2.29. The number of benzene rings is 2. The van der Waals surface area contributed by atoms with Gasteiger partial charge in [0, 0.05) is 9.79 Å². The molecule has 0 aliphatic rings. The van der Waals surface area contributed by atoms with E-state index in [0.717, 1.165) is 11.1 Å². The van der Waals surface area contributed by atoms with Crippen molar-refractivity contribution >= 4 is 45.3 Å². The number of nitrogens with one attached hydrogen (secondary N) is 2. The lowest BCUT2D eigenvalue weighted by molar-refractivity contribution is -0.140. The molecule has 0 saturated heterocycles. The van der Waals surface area contributed by atoms with Gasteiger partial charge in [0.05, 0.1) is 11.1 Å². The van der Waals surface area contributed by atoms with E-state index < -0.39 is 35.8 Å². The molecule has 0 aliphatic carbocycles. The van der Waals surface area contributed by atoms with E-state index in [1.165, 1.54) is 21.6 Å². The van der Waals surface area contributed by atoms with Crippen LogP contribution in [0.4, 0.5) is 0 Å². The predicted molar refractivity (Wildman–Crippen MR) is 151 cm³/mol. The van der Waals surface area contributed by atoms with E-state index in [1.807, 2.05) is 53.7 Å². The SMILES string of the molecule is Cc1ccc(SSc2ccc(C)cc2C(=O)NC(CC(C)C)C(=O)O)c(C(=O)NC(CC(C)C)C(=O)O)c1. The van der Waals surface area contributed by atoms with E-state index in [1.54, 1.807) is 24.3 Å². The van der Waals surface area contributed by atoms with Crippen LogP contribution in [0.15, 0.2) is 46.2 Å². The summed E-state index contributed by atoms with van der Waals surface area (Å²) in [5.41, 5.74) is 2.39. The lowest BCUT2D eigenvalue weighted by atomic mass is 10.0. The average molecular weight is 561 g/mol. The topological polar surface area (TPSA) is 133 Å². The van der Waals surface area contributed by atoms with Crippen molar-refractivity contribution in [2.45, 2.75) is 76.3 Å². The molecule has 0 heterocycles. The van der Waals surface area contributed by atoms with Gasteiger partial charge in [-0.15, -0.1) is 0 Å². The number of carboxylic acids is 2. The Morgan fingerprint density at radius 1 is 0.684 bits per heavy atom. The molecule has 0 spiro atoms. The van der Waals surface area contributed by atoms with Crippen molar-refractivity contribution in [2.24, 2.45) is 11.8 Å². The molecule has 206 valence electrons. The van der Waals surface area contributed by atoms with Crippen molar-refractivity contribution in [3.8, 4) is 0 Å². The molecule has 0 aliphatic heterocycles. The molecule has 0 radical (unpaired) electrons. The first-order valence-corrected chi connectivity index (χ1v) is 14.6. The van der Waals surface area contributed by atoms with Gasteiger partial charge in [0.1, 0.15) is 12.1 Å². The second-order valence-corrected chi connectivity index (χ2v) is 12.4. The highest BCUT2D eigenvalue weighted by atomic mass is 33.1. The normalized spacial score (nSPS) is 12.7. The standard InChI is InChI=1S/C28H36N2O6S2/c1-15(2)11-21(27(33)34)29-25(31)19-13-17(5)7-9-23(19)37-38-24-10-8-18(6)14-20(24)26(32)30-22(28(35)36)12-16(3)4/h7-10,13-16,21-22H,11-12H2,1-6H3,(H,29,31)(H,30,32)(H,33,34)(H,35,36). The Hall–Kier alpha value is -2.98. The van der Waals surface area contributed by atoms with Crippen LogP contribution in [-0.4, -0.2) is 46.0 Å². The maximum atomic E-state index is 13.1. The molecule has 2 aromatic rings. The lowest BCUT2D eigenvalue weighted by Gasteiger charge is -2.19. The minimum atomic E-state index is -1.09. The highest BCUT2D eigenvalue weighted by Gasteiger charge is 2.25. The van der Waals surface area contributed by atoms with Crippen LogP contribution in [0.25, 0.3) is 0 Å². The first-order chi connectivity index (χ1) is 17.8. The molecule has 38 heavy (non-hydrogen) atoms. The molecule has 4 N–H and O–H groups in total. The maximum absolute atomic E-state index is 13.1. The zero-order valence-corrected chi connectivity index (χ0v) is 24.2. The quantitative estimate of drug-likeness (QED) is 0.234. The van der Waals surface area contributed by atoms with Gasteiger partial charge in [-0.3, -0.25) is 9.59 Å². The number of amides is 2. The summed E-state index contributed by atoms with van der Waals surface area (Å²) in [6.07, 6.45) is 0.611. The van der Waals surface area contributed by atoms with Gasteiger partial charge in [-0.25, -0.2) is 9.59 Å². The summed E-state index contributed by atoms with van der Waals surface area (Å²) in [6, 6.07) is 8.69. The minimum Gasteiger partial charge on any atom is -0.480 e. The Bertz CT molecular complexity index is 1090. The van der Waals surface area contributed by atoms with Crippen LogP contribution in [0.1, 0.15) is 72.4 Å². The number of aliphatic carboxylic acids is 2. The molecule has 2 amide bonds. The average Bonchev–Trinajstić information content (AvgIpc) is 2.82. The number of carboxylic acid groups (broad SMARTS) is 2. The Morgan fingerprint density at radius 3 is 1.32 bits per heavy atom. The molecule has 2 rings (SSSR count). The van der Waals surface area contributed by atoms with Gasteiger partial charge in [0.25, 0.3) is 11.8 Å². The monoisotopic (exact) mass is 560 g/mol. The van der Waals surface area contributed by atoms with Crippen molar-refractivity contribution in [1.29, 1.82) is 0 Å². The fraction of sp³-hybridized carbons (Fsp3) is 0.429. The molecule has 0 saturated carbocycles. The first kappa shape index (κ1) is 31.2. The van der Waals surface area contributed by atoms with E-state index in [9.17, 15) is 29.4 Å². The molecule has 2 unspecified atom stereocenters. The summed E-state index contributed by atoms with van der Waals surface area (Å²) in [7, 11) is 2.54. The van der Waals surface area contributed by atoms with Crippen LogP contribution in [-0.2, 0) is 9.59 Å². The van der Waals surface area contributed by atoms with Crippen LogP contribution < -0.4 is 10.6 Å². The lowest BCUT2D eigenvalue weighted by Crippen LogP contribution is -2.41. The van der Waals surface area contributed by atoms with E-state index >= 15 is 0 Å². The third-order valence-corrected chi connectivity index (χ3v) is 8.08. The zero-order valence-electron chi connectivity index (χ0n) is 22.5. The summed E-state index contributed by atoms with van der Waals surface area (Å²) >= 11 is 0. The fourth-order valence-electron chi connectivity index (χ4n) is 3.74. The second-order valence-electron chi connectivity index (χ2n) is 10.2. The van der Waals surface area contributed by atoms with E-state index in [4.69, 9.17) is 0 Å². The van der Waals surface area contributed by atoms with E-state index in [0.29, 0.717) is 33.8 Å². The van der Waals surface area contributed by atoms with Crippen molar-refractivity contribution < 1.29 is 29.4 Å². The number of carbonyl (C=O) groups excluding carboxylic acids is 2. The minimum absolute atomic E-state index is 0.0886. The van der Waals surface area contributed by atoms with Crippen molar-refractivity contribution in [3.05, 3.63) is 58.7 Å². The highest BCUT2D eigenvalue weighted by molar-refractivity contribution is 8.76. The highest BCUT2D eigenvalue weighted by Crippen LogP contribution is 2.41. The molecule has 2 aromatic carbocycles. The second kappa shape index (κ2) is 14.2. The zero-order chi connectivity index (χ0) is 28.6. The van der Waals surface area contributed by atoms with Crippen LogP contribution in [0.2, 0.25) is 0 Å². The summed E-state index contributed by atoms with van der Waals surface area (Å²) < 4.78 is 0. The van der Waals surface area contributed by atoms with Gasteiger partial charge in [0.15, 0.2) is 0 Å². The Labute approximate surface area is 231 Å². The van der Waals surface area contributed by atoms with E-state index in [2.05, 4.69) is 10.6 Å². The van der Waals surface area contributed by atoms with Crippen molar-refractivity contribution in [3.63, 3.8) is 0 Å². The molecular formula is C28H36N2O6S2. The number of hydrogen-bond acceptors (Lipinski definition) is 6. The van der Waals surface area contributed by atoms with Crippen molar-refractivity contribution in [1.82, 2.24) is 10.6 Å². The number of carbonyl (C=O) groups is 4. The predicted octanol–water partition coefficient (Wildman–Crippen LogP) is 5.56. The van der Waals surface area contributed by atoms with Gasteiger partial charge in [0.2, 0.25) is 0 Å². The molecule has 0 aromatic heterocycles. The first-order valence-electron chi connectivity index (χ1n) is 12.4.